The van der Waals surface area contributed by atoms with Gasteiger partial charge in [-0.1, -0.05) is 0 Å². The average molecular weight is 337 g/mol. The zero-order valence-corrected chi connectivity index (χ0v) is 11.6. The summed E-state index contributed by atoms with van der Waals surface area (Å²) in [6, 6.07) is 7.19. The second-order valence-corrected chi connectivity index (χ2v) is 4.68. The number of pyridine rings is 1. The van der Waals surface area contributed by atoms with E-state index >= 15 is 0 Å². The largest absolute Gasteiger partial charge is 0.505 e. The van der Waals surface area contributed by atoms with Crippen LogP contribution in [-0.4, -0.2) is 27.1 Å². The Morgan fingerprint density at radius 2 is 2.00 bits per heavy atom. The standard InChI is InChI=1S/C13H9BrN2O4/c14-9-4-3-7(6-8(9)13(19)20)16-12(18)11-10(17)2-1-5-15-11/h1-6,17H,(H,16,18)(H,19,20). The van der Waals surface area contributed by atoms with Gasteiger partial charge in [0.2, 0.25) is 0 Å². The van der Waals surface area contributed by atoms with Crippen molar-refractivity contribution >= 4 is 33.5 Å². The normalized spacial score (nSPS) is 10.1. The van der Waals surface area contributed by atoms with E-state index in [0.717, 1.165) is 0 Å². The van der Waals surface area contributed by atoms with Crippen LogP contribution >= 0.6 is 15.9 Å². The number of benzene rings is 1. The third kappa shape index (κ3) is 2.94. The van der Waals surface area contributed by atoms with Crippen molar-refractivity contribution in [3.05, 3.63) is 52.3 Å². The number of carboxylic acids is 1. The molecule has 3 N–H and O–H groups in total. The Morgan fingerprint density at radius 1 is 1.25 bits per heavy atom. The lowest BCUT2D eigenvalue weighted by atomic mass is 10.2. The predicted octanol–water partition coefficient (Wildman–Crippen LogP) is 2.50. The van der Waals surface area contributed by atoms with E-state index in [-0.39, 0.29) is 17.0 Å². The molecule has 1 aromatic heterocycles. The van der Waals surface area contributed by atoms with Gasteiger partial charge in [-0.05, 0) is 46.3 Å². The number of hydrogen-bond acceptors (Lipinski definition) is 4. The fourth-order valence-corrected chi connectivity index (χ4v) is 1.95. The summed E-state index contributed by atoms with van der Waals surface area (Å²) in [6.07, 6.45) is 1.37. The third-order valence-electron chi connectivity index (χ3n) is 2.46. The zero-order valence-electron chi connectivity index (χ0n) is 10.0. The topological polar surface area (TPSA) is 99.5 Å². The summed E-state index contributed by atoms with van der Waals surface area (Å²) >= 11 is 3.11. The number of carbonyl (C=O) groups excluding carboxylic acids is 1. The number of aromatic carboxylic acids is 1. The molecular weight excluding hydrogens is 328 g/mol. The molecule has 6 nitrogen and oxygen atoms in total. The van der Waals surface area contributed by atoms with Crippen molar-refractivity contribution < 1.29 is 19.8 Å². The van der Waals surface area contributed by atoms with Gasteiger partial charge in [0.1, 0.15) is 5.75 Å². The number of amides is 1. The molecule has 1 amide bonds. The van der Waals surface area contributed by atoms with Crippen LogP contribution in [0.4, 0.5) is 5.69 Å². The minimum Gasteiger partial charge on any atom is -0.505 e. The molecule has 2 aromatic rings. The van der Waals surface area contributed by atoms with E-state index in [2.05, 4.69) is 26.2 Å². The Morgan fingerprint density at radius 3 is 2.65 bits per heavy atom. The van der Waals surface area contributed by atoms with Crippen LogP contribution in [0.5, 0.6) is 5.75 Å². The molecule has 7 heteroatoms. The highest BCUT2D eigenvalue weighted by Crippen LogP contribution is 2.22. The van der Waals surface area contributed by atoms with Gasteiger partial charge < -0.3 is 15.5 Å². The first-order valence-electron chi connectivity index (χ1n) is 5.47. The minimum absolute atomic E-state index is 0.0213. The Labute approximate surface area is 122 Å². The van der Waals surface area contributed by atoms with Crippen LogP contribution in [0.3, 0.4) is 0 Å². The Hall–Kier alpha value is -2.41. The molecule has 0 fully saturated rings. The van der Waals surface area contributed by atoms with Crippen molar-refractivity contribution in [2.45, 2.75) is 0 Å². The number of nitrogens with one attached hydrogen (secondary N) is 1. The van der Waals surface area contributed by atoms with Crippen LogP contribution in [0.25, 0.3) is 0 Å². The number of halogens is 1. The third-order valence-corrected chi connectivity index (χ3v) is 3.15. The predicted molar refractivity (Wildman–Crippen MR) is 75.0 cm³/mol. The number of rotatable bonds is 3. The van der Waals surface area contributed by atoms with E-state index in [9.17, 15) is 14.7 Å². The van der Waals surface area contributed by atoms with Crippen molar-refractivity contribution in [3.63, 3.8) is 0 Å². The lowest BCUT2D eigenvalue weighted by molar-refractivity contribution is 0.0695. The summed E-state index contributed by atoms with van der Waals surface area (Å²) in [6.45, 7) is 0. The van der Waals surface area contributed by atoms with E-state index in [4.69, 9.17) is 5.11 Å². The molecule has 0 bridgehead atoms. The van der Waals surface area contributed by atoms with Crippen molar-refractivity contribution in [3.8, 4) is 5.75 Å². The van der Waals surface area contributed by atoms with Crippen LogP contribution in [0.1, 0.15) is 20.8 Å². The molecule has 0 saturated heterocycles. The molecule has 2 rings (SSSR count). The van der Waals surface area contributed by atoms with Crippen molar-refractivity contribution in [2.24, 2.45) is 0 Å². The summed E-state index contributed by atoms with van der Waals surface area (Å²) in [5.41, 5.74) is 0.181. The first-order chi connectivity index (χ1) is 9.49. The number of aromatic hydroxyl groups is 1. The number of nitrogens with zero attached hydrogens (tertiary/aromatic N) is 1. The lowest BCUT2D eigenvalue weighted by Gasteiger charge is -2.07. The van der Waals surface area contributed by atoms with Gasteiger partial charge in [-0.15, -0.1) is 0 Å². The number of carboxylic acid groups (broad SMARTS) is 1. The monoisotopic (exact) mass is 336 g/mol. The van der Waals surface area contributed by atoms with Crippen LogP contribution in [0.2, 0.25) is 0 Å². The van der Waals surface area contributed by atoms with Gasteiger partial charge in [0.05, 0.1) is 5.56 Å². The minimum atomic E-state index is -1.12. The van der Waals surface area contributed by atoms with Crippen LogP contribution in [0, 0.1) is 0 Å². The molecule has 0 atom stereocenters. The second-order valence-electron chi connectivity index (χ2n) is 3.83. The molecule has 0 aliphatic carbocycles. The molecule has 0 aliphatic heterocycles. The molecule has 1 aromatic carbocycles. The van der Waals surface area contributed by atoms with Gasteiger partial charge in [0.25, 0.3) is 5.91 Å². The maximum absolute atomic E-state index is 11.9. The van der Waals surface area contributed by atoms with Gasteiger partial charge in [-0.25, -0.2) is 9.78 Å². The summed E-state index contributed by atoms with van der Waals surface area (Å²) in [4.78, 5) is 26.7. The van der Waals surface area contributed by atoms with Gasteiger partial charge in [0.15, 0.2) is 5.69 Å². The SMILES string of the molecule is O=C(O)c1cc(NC(=O)c2ncccc2O)ccc1Br. The number of hydrogen-bond donors (Lipinski definition) is 3. The molecule has 0 aliphatic rings. The van der Waals surface area contributed by atoms with E-state index in [1.54, 1.807) is 0 Å². The summed E-state index contributed by atoms with van der Waals surface area (Å²) in [5, 5.41) is 21.0. The Bertz CT molecular complexity index is 688. The zero-order chi connectivity index (χ0) is 14.7. The molecule has 0 unspecified atom stereocenters. The highest BCUT2D eigenvalue weighted by Gasteiger charge is 2.14. The number of aromatic nitrogens is 1. The fraction of sp³-hybridized carbons (Fsp3) is 0. The van der Waals surface area contributed by atoms with Gasteiger partial charge in [-0.2, -0.15) is 0 Å². The molecule has 0 saturated carbocycles. The van der Waals surface area contributed by atoms with E-state index in [1.165, 1.54) is 36.5 Å². The molecule has 1 heterocycles. The van der Waals surface area contributed by atoms with E-state index < -0.39 is 11.9 Å². The highest BCUT2D eigenvalue weighted by atomic mass is 79.9. The number of carbonyl (C=O) groups is 2. The quantitative estimate of drug-likeness (QED) is 0.799. The summed E-state index contributed by atoms with van der Waals surface area (Å²) in [5.74, 6) is -1.99. The van der Waals surface area contributed by atoms with Crippen LogP contribution in [-0.2, 0) is 0 Å². The van der Waals surface area contributed by atoms with Crippen LogP contribution in [0.15, 0.2) is 41.0 Å². The molecule has 20 heavy (non-hydrogen) atoms. The van der Waals surface area contributed by atoms with Crippen LogP contribution < -0.4 is 5.32 Å². The molecule has 0 spiro atoms. The Balaban J connectivity index is 2.27. The summed E-state index contributed by atoms with van der Waals surface area (Å²) < 4.78 is 0.406. The molecule has 0 radical (unpaired) electrons. The van der Waals surface area contributed by atoms with Gasteiger partial charge in [-0.3, -0.25) is 4.79 Å². The first-order valence-corrected chi connectivity index (χ1v) is 6.26. The Kier molecular flexibility index (Phi) is 3.99. The number of anilines is 1. The fourth-order valence-electron chi connectivity index (χ4n) is 1.53. The smallest absolute Gasteiger partial charge is 0.336 e. The van der Waals surface area contributed by atoms with Gasteiger partial charge in [0, 0.05) is 16.4 Å². The maximum atomic E-state index is 11.9. The highest BCUT2D eigenvalue weighted by molar-refractivity contribution is 9.10. The van der Waals surface area contributed by atoms with Crippen molar-refractivity contribution in [1.82, 2.24) is 4.98 Å². The maximum Gasteiger partial charge on any atom is 0.336 e. The van der Waals surface area contributed by atoms with E-state index in [1.807, 2.05) is 0 Å². The second kappa shape index (κ2) is 5.70. The summed E-state index contributed by atoms with van der Waals surface area (Å²) in [7, 11) is 0. The average Bonchev–Trinajstić information content (AvgIpc) is 2.41. The van der Waals surface area contributed by atoms with E-state index in [0.29, 0.717) is 10.2 Å². The van der Waals surface area contributed by atoms with Crippen molar-refractivity contribution in [2.75, 3.05) is 5.32 Å². The lowest BCUT2D eigenvalue weighted by Crippen LogP contribution is -2.14. The van der Waals surface area contributed by atoms with Crippen molar-refractivity contribution in [1.29, 1.82) is 0 Å². The first kappa shape index (κ1) is 14.0. The molecular formula is C13H9BrN2O4. The van der Waals surface area contributed by atoms with Gasteiger partial charge >= 0.3 is 5.97 Å². The molecule has 102 valence electrons.